The summed E-state index contributed by atoms with van der Waals surface area (Å²) < 4.78 is 1.35. The summed E-state index contributed by atoms with van der Waals surface area (Å²) in [7, 11) is 0. The van der Waals surface area contributed by atoms with Crippen molar-refractivity contribution in [1.82, 2.24) is 14.8 Å². The predicted octanol–water partition coefficient (Wildman–Crippen LogP) is 0.183. The van der Waals surface area contributed by atoms with Gasteiger partial charge in [0.1, 0.15) is 0 Å². The zero-order chi connectivity index (χ0) is 18.4. The number of carbonyl (C=O) groups excluding carboxylic acids is 1. The minimum absolute atomic E-state index is 0.112. The number of aryl methyl sites for hydroxylation is 1. The van der Waals surface area contributed by atoms with Gasteiger partial charge in [0.05, 0.1) is 43.2 Å². The van der Waals surface area contributed by atoms with Crippen LogP contribution in [-0.4, -0.2) is 56.4 Å². The lowest BCUT2D eigenvalue weighted by Crippen LogP contribution is -2.25. The van der Waals surface area contributed by atoms with Crippen LogP contribution in [0.4, 0.5) is 0 Å². The van der Waals surface area contributed by atoms with E-state index in [1.54, 1.807) is 44.2 Å². The first-order valence-corrected chi connectivity index (χ1v) is 7.93. The van der Waals surface area contributed by atoms with Crippen molar-refractivity contribution < 1.29 is 15.0 Å². The first kappa shape index (κ1) is 18.6. The van der Waals surface area contributed by atoms with Crippen LogP contribution < -0.4 is 5.56 Å². The molecule has 0 aliphatic carbocycles. The van der Waals surface area contributed by atoms with Gasteiger partial charge < -0.3 is 10.2 Å². The Balaban J connectivity index is 2.07. The summed E-state index contributed by atoms with van der Waals surface area (Å²) in [4.78, 5) is 24.1. The molecule has 0 fully saturated rings. The minimum atomic E-state index is -0.242. The molecule has 1 aliphatic heterocycles. The molecule has 134 valence electrons. The number of aromatic amines is 1. The van der Waals surface area contributed by atoms with Crippen LogP contribution in [-0.2, 0) is 11.3 Å². The first-order valence-electron chi connectivity index (χ1n) is 7.93. The Hall–Kier alpha value is -2.71. The van der Waals surface area contributed by atoms with Crippen LogP contribution in [0.15, 0.2) is 39.8 Å². The van der Waals surface area contributed by atoms with Crippen LogP contribution in [0.1, 0.15) is 18.2 Å². The number of aromatic nitrogens is 2. The number of hydrogen-bond acceptors (Lipinski definition) is 5. The Morgan fingerprint density at radius 1 is 1.08 bits per heavy atom. The summed E-state index contributed by atoms with van der Waals surface area (Å²) in [5.41, 5.74) is 2.12. The Morgan fingerprint density at radius 3 is 2.48 bits per heavy atom. The maximum atomic E-state index is 12.1. The molecule has 8 heteroatoms. The average molecular weight is 346 g/mol. The second-order valence-corrected chi connectivity index (χ2v) is 5.49. The highest BCUT2D eigenvalue weighted by molar-refractivity contribution is 6.23. The zero-order valence-corrected chi connectivity index (χ0v) is 14.3. The van der Waals surface area contributed by atoms with Crippen LogP contribution in [0, 0.1) is 6.92 Å². The highest BCUT2D eigenvalue weighted by atomic mass is 16.3. The van der Waals surface area contributed by atoms with E-state index >= 15 is 0 Å². The lowest BCUT2D eigenvalue weighted by atomic mass is 10.1. The molecule has 1 aromatic heterocycles. The highest BCUT2D eigenvalue weighted by Gasteiger charge is 2.25. The molecule has 3 N–H and O–H groups in total. The molecule has 1 amide bonds. The summed E-state index contributed by atoms with van der Waals surface area (Å²) in [5, 5.41) is 26.0. The molecule has 0 unspecified atom stereocenters. The number of aliphatic hydroxyl groups excluding tert-OH is 2. The molecule has 2 rings (SSSR count). The molecule has 0 bridgehead atoms. The predicted molar refractivity (Wildman–Crippen MR) is 95.0 cm³/mol. The topological polar surface area (TPSA) is 111 Å². The van der Waals surface area contributed by atoms with Gasteiger partial charge in [-0.15, -0.1) is 0 Å². The fourth-order valence-electron chi connectivity index (χ4n) is 2.45. The fourth-order valence-corrected chi connectivity index (χ4v) is 2.45. The van der Waals surface area contributed by atoms with E-state index in [-0.39, 0.29) is 37.8 Å². The summed E-state index contributed by atoms with van der Waals surface area (Å²) in [6, 6.07) is 0. The van der Waals surface area contributed by atoms with E-state index in [1.807, 2.05) is 0 Å². The third-order valence-corrected chi connectivity index (χ3v) is 3.69. The summed E-state index contributed by atoms with van der Waals surface area (Å²) in [6.07, 6.45) is 8.43. The number of amides is 1. The average Bonchev–Trinajstić information content (AvgIpc) is 2.99. The molecule has 2 heterocycles. The normalized spacial score (nSPS) is 16.8. The number of rotatable bonds is 7. The number of aliphatic hydroxyl groups is 2. The lowest BCUT2D eigenvalue weighted by Gasteiger charge is -2.08. The number of hydrogen-bond donors (Lipinski definition) is 3. The van der Waals surface area contributed by atoms with Crippen molar-refractivity contribution in [3.63, 3.8) is 0 Å². The Bertz CT molecular complexity index is 811. The molecule has 25 heavy (non-hydrogen) atoms. The summed E-state index contributed by atoms with van der Waals surface area (Å²) in [5.74, 6) is -0.242. The number of nitrogens with zero attached hydrogens (tertiary/aromatic N) is 3. The molecule has 0 spiro atoms. The molecule has 0 atom stereocenters. The number of allylic oxidation sites excluding steroid dienone is 4. The van der Waals surface area contributed by atoms with E-state index in [1.165, 1.54) is 9.69 Å². The number of H-pyrrole nitrogens is 1. The van der Waals surface area contributed by atoms with Crippen molar-refractivity contribution >= 4 is 17.7 Å². The van der Waals surface area contributed by atoms with Gasteiger partial charge in [-0.25, -0.2) is 5.01 Å². The summed E-state index contributed by atoms with van der Waals surface area (Å²) in [6.45, 7) is 3.66. The molecule has 1 aliphatic rings. The molecule has 1 aromatic rings. The van der Waals surface area contributed by atoms with Gasteiger partial charge in [0.25, 0.3) is 11.5 Å². The van der Waals surface area contributed by atoms with Crippen molar-refractivity contribution in [3.8, 4) is 0 Å². The smallest absolute Gasteiger partial charge is 0.275 e. The standard InChI is InChI=1S/C17H22N4O4/c1-12-14(16(24)20(18-12)8-10-22)6-4-3-5-7-15-13(2)19-21(9-11-23)17(15)25/h3-7,18,22-23H,8-11H2,1-2H3/b5-3+,6-4+,15-7-. The first-order chi connectivity index (χ1) is 12.0. The van der Waals surface area contributed by atoms with Crippen LogP contribution in [0.25, 0.3) is 6.08 Å². The number of β-amino-alcohol motifs (C(OH)–C–C–N with tert-alkyl or cyclic N) is 1. The van der Waals surface area contributed by atoms with Crippen molar-refractivity contribution in [2.24, 2.45) is 5.10 Å². The molecular weight excluding hydrogens is 324 g/mol. The van der Waals surface area contributed by atoms with Gasteiger partial charge in [-0.2, -0.15) is 5.10 Å². The molecule has 0 aromatic carbocycles. The second-order valence-electron chi connectivity index (χ2n) is 5.49. The van der Waals surface area contributed by atoms with Crippen LogP contribution in [0.5, 0.6) is 0 Å². The fraction of sp³-hybridized carbons (Fsp3) is 0.353. The molecule has 0 saturated carbocycles. The third-order valence-electron chi connectivity index (χ3n) is 3.69. The van der Waals surface area contributed by atoms with Crippen LogP contribution in [0.2, 0.25) is 0 Å². The number of nitrogens with one attached hydrogen (secondary N) is 1. The van der Waals surface area contributed by atoms with E-state index in [9.17, 15) is 9.59 Å². The van der Waals surface area contributed by atoms with E-state index < -0.39 is 0 Å². The Labute approximate surface area is 145 Å². The largest absolute Gasteiger partial charge is 0.394 e. The Morgan fingerprint density at radius 2 is 1.80 bits per heavy atom. The SMILES string of the molecule is CC1=NN(CCO)C(=O)\C1=C/C=C/C=C/c1c(C)[nH]n(CCO)c1=O. The monoisotopic (exact) mass is 346 g/mol. The van der Waals surface area contributed by atoms with E-state index in [0.717, 1.165) is 5.69 Å². The maximum absolute atomic E-state index is 12.1. The van der Waals surface area contributed by atoms with Gasteiger partial charge in [0.15, 0.2) is 0 Å². The molecular formula is C17H22N4O4. The number of carbonyl (C=O) groups is 1. The van der Waals surface area contributed by atoms with E-state index in [4.69, 9.17) is 10.2 Å². The quantitative estimate of drug-likeness (QED) is 0.483. The van der Waals surface area contributed by atoms with Gasteiger partial charge in [0, 0.05) is 5.69 Å². The maximum Gasteiger partial charge on any atom is 0.275 e. The van der Waals surface area contributed by atoms with Crippen molar-refractivity contribution in [3.05, 3.63) is 51.5 Å². The van der Waals surface area contributed by atoms with Crippen LogP contribution in [0.3, 0.4) is 0 Å². The summed E-state index contributed by atoms with van der Waals surface area (Å²) >= 11 is 0. The van der Waals surface area contributed by atoms with Gasteiger partial charge in [0.2, 0.25) is 0 Å². The number of hydrazone groups is 1. The van der Waals surface area contributed by atoms with Gasteiger partial charge in [-0.1, -0.05) is 18.2 Å². The van der Waals surface area contributed by atoms with E-state index in [0.29, 0.717) is 16.8 Å². The molecule has 0 radical (unpaired) electrons. The molecule has 0 saturated heterocycles. The lowest BCUT2D eigenvalue weighted by molar-refractivity contribution is -0.126. The van der Waals surface area contributed by atoms with Crippen molar-refractivity contribution in [2.45, 2.75) is 20.4 Å². The van der Waals surface area contributed by atoms with E-state index in [2.05, 4.69) is 10.2 Å². The zero-order valence-electron chi connectivity index (χ0n) is 14.3. The Kier molecular flexibility index (Phi) is 6.26. The minimum Gasteiger partial charge on any atom is -0.394 e. The van der Waals surface area contributed by atoms with Crippen LogP contribution >= 0.6 is 0 Å². The molecule has 8 nitrogen and oxygen atoms in total. The van der Waals surface area contributed by atoms with Gasteiger partial charge in [-0.3, -0.25) is 19.4 Å². The van der Waals surface area contributed by atoms with Gasteiger partial charge in [-0.05, 0) is 26.0 Å². The second kappa shape index (κ2) is 8.41. The van der Waals surface area contributed by atoms with Crippen molar-refractivity contribution in [1.29, 1.82) is 0 Å². The third kappa shape index (κ3) is 4.23. The van der Waals surface area contributed by atoms with Gasteiger partial charge >= 0.3 is 0 Å². The highest BCUT2D eigenvalue weighted by Crippen LogP contribution is 2.14. The van der Waals surface area contributed by atoms with Crippen molar-refractivity contribution in [2.75, 3.05) is 19.8 Å².